The van der Waals surface area contributed by atoms with Gasteiger partial charge in [-0.3, -0.25) is 0 Å². The number of benzene rings is 1. The highest BCUT2D eigenvalue weighted by Gasteiger charge is 2.17. The number of aromatic amines is 1. The minimum Gasteiger partial charge on any atom is -0.207 e. The van der Waals surface area contributed by atoms with Crippen molar-refractivity contribution < 1.29 is 8.42 Å². The van der Waals surface area contributed by atoms with Crippen LogP contribution in [0, 0.1) is 13.8 Å². The number of H-pyrrole nitrogens is 1. The van der Waals surface area contributed by atoms with Crippen LogP contribution in [0.5, 0.6) is 0 Å². The zero-order valence-corrected chi connectivity index (χ0v) is 10.8. The van der Waals surface area contributed by atoms with Gasteiger partial charge < -0.3 is 0 Å². The maximum absolute atomic E-state index is 12.1. The SMILES string of the molecule is Cc1ccc(S(=O)(=O)NCc2nn[nH]n2)c(C)c1. The third kappa shape index (κ3) is 2.71. The molecule has 0 aliphatic heterocycles. The zero-order valence-electron chi connectivity index (χ0n) is 10.0. The maximum atomic E-state index is 12.1. The fourth-order valence-electron chi connectivity index (χ4n) is 1.60. The molecule has 1 aromatic carbocycles. The van der Waals surface area contributed by atoms with Crippen LogP contribution in [0.25, 0.3) is 0 Å². The van der Waals surface area contributed by atoms with E-state index >= 15 is 0 Å². The molecular weight excluding hydrogens is 254 g/mol. The lowest BCUT2D eigenvalue weighted by Gasteiger charge is -2.08. The third-order valence-corrected chi connectivity index (χ3v) is 3.99. The van der Waals surface area contributed by atoms with Crippen LogP contribution in [0.1, 0.15) is 17.0 Å². The van der Waals surface area contributed by atoms with Crippen LogP contribution in [0.15, 0.2) is 23.1 Å². The Labute approximate surface area is 105 Å². The van der Waals surface area contributed by atoms with Crippen LogP contribution in [-0.2, 0) is 16.6 Å². The number of aromatic nitrogens is 4. The van der Waals surface area contributed by atoms with Gasteiger partial charge in [0.15, 0.2) is 5.82 Å². The summed E-state index contributed by atoms with van der Waals surface area (Å²) in [6.07, 6.45) is 0. The van der Waals surface area contributed by atoms with Gasteiger partial charge >= 0.3 is 0 Å². The second kappa shape index (κ2) is 4.83. The summed E-state index contributed by atoms with van der Waals surface area (Å²) in [5, 5.41) is 13.0. The van der Waals surface area contributed by atoms with Crippen LogP contribution in [0.3, 0.4) is 0 Å². The van der Waals surface area contributed by atoms with Crippen molar-refractivity contribution in [1.82, 2.24) is 25.3 Å². The number of rotatable bonds is 4. The molecule has 0 aliphatic carbocycles. The first-order chi connectivity index (χ1) is 8.49. The number of tetrazole rings is 1. The Morgan fingerprint density at radius 3 is 2.72 bits per heavy atom. The molecule has 1 aromatic heterocycles. The van der Waals surface area contributed by atoms with Gasteiger partial charge in [0.25, 0.3) is 0 Å². The smallest absolute Gasteiger partial charge is 0.207 e. The summed E-state index contributed by atoms with van der Waals surface area (Å²) >= 11 is 0. The Balaban J connectivity index is 2.20. The van der Waals surface area contributed by atoms with E-state index in [1.54, 1.807) is 19.1 Å². The molecule has 1 heterocycles. The monoisotopic (exact) mass is 267 g/mol. The molecule has 0 bridgehead atoms. The lowest BCUT2D eigenvalue weighted by atomic mass is 10.2. The molecule has 2 rings (SSSR count). The van der Waals surface area contributed by atoms with Crippen molar-refractivity contribution in [2.24, 2.45) is 0 Å². The van der Waals surface area contributed by atoms with E-state index in [4.69, 9.17) is 0 Å². The fraction of sp³-hybridized carbons (Fsp3) is 0.300. The molecule has 0 aliphatic rings. The van der Waals surface area contributed by atoms with E-state index in [2.05, 4.69) is 25.3 Å². The third-order valence-electron chi connectivity index (χ3n) is 2.43. The Morgan fingerprint density at radius 2 is 2.11 bits per heavy atom. The Morgan fingerprint density at radius 1 is 1.33 bits per heavy atom. The Bertz CT molecular complexity index is 636. The van der Waals surface area contributed by atoms with E-state index in [1.807, 2.05) is 13.0 Å². The first-order valence-corrected chi connectivity index (χ1v) is 6.76. The number of hydrogen-bond acceptors (Lipinski definition) is 5. The highest BCUT2D eigenvalue weighted by molar-refractivity contribution is 7.89. The van der Waals surface area contributed by atoms with Gasteiger partial charge in [0.1, 0.15) is 0 Å². The molecule has 2 N–H and O–H groups in total. The molecule has 0 saturated heterocycles. The van der Waals surface area contributed by atoms with Crippen molar-refractivity contribution in [3.63, 3.8) is 0 Å². The van der Waals surface area contributed by atoms with E-state index < -0.39 is 10.0 Å². The minimum atomic E-state index is -3.56. The highest BCUT2D eigenvalue weighted by atomic mass is 32.2. The van der Waals surface area contributed by atoms with Gasteiger partial charge in [-0.2, -0.15) is 5.21 Å². The second-order valence-electron chi connectivity index (χ2n) is 3.92. The van der Waals surface area contributed by atoms with Crippen molar-refractivity contribution in [3.05, 3.63) is 35.2 Å². The normalized spacial score (nSPS) is 11.7. The topological polar surface area (TPSA) is 101 Å². The molecule has 18 heavy (non-hydrogen) atoms. The first kappa shape index (κ1) is 12.7. The van der Waals surface area contributed by atoms with Gasteiger partial charge in [-0.15, -0.1) is 10.2 Å². The van der Waals surface area contributed by atoms with Crippen LogP contribution in [-0.4, -0.2) is 29.0 Å². The first-order valence-electron chi connectivity index (χ1n) is 5.28. The second-order valence-corrected chi connectivity index (χ2v) is 5.66. The van der Waals surface area contributed by atoms with Gasteiger partial charge in [-0.05, 0) is 25.5 Å². The van der Waals surface area contributed by atoms with E-state index in [9.17, 15) is 8.42 Å². The largest absolute Gasteiger partial charge is 0.241 e. The molecular formula is C10H13N5O2S. The highest BCUT2D eigenvalue weighted by Crippen LogP contribution is 2.16. The average Bonchev–Trinajstić information content (AvgIpc) is 2.78. The molecule has 0 saturated carbocycles. The quantitative estimate of drug-likeness (QED) is 0.829. The van der Waals surface area contributed by atoms with E-state index in [0.717, 1.165) is 5.56 Å². The molecule has 8 heteroatoms. The Kier molecular flexibility index (Phi) is 3.39. The molecule has 2 aromatic rings. The van der Waals surface area contributed by atoms with Crippen LogP contribution in [0.2, 0.25) is 0 Å². The lowest BCUT2D eigenvalue weighted by Crippen LogP contribution is -2.24. The van der Waals surface area contributed by atoms with Gasteiger partial charge in [-0.1, -0.05) is 22.9 Å². The standard InChI is InChI=1S/C10H13N5O2S/c1-7-3-4-9(8(2)5-7)18(16,17)11-6-10-12-14-15-13-10/h3-5,11H,6H2,1-2H3,(H,12,13,14,15). The molecule has 0 radical (unpaired) electrons. The number of nitrogens with one attached hydrogen (secondary N) is 2. The van der Waals surface area contributed by atoms with Crippen molar-refractivity contribution in [1.29, 1.82) is 0 Å². The van der Waals surface area contributed by atoms with Crippen LogP contribution in [0.4, 0.5) is 0 Å². The number of aryl methyl sites for hydroxylation is 2. The number of sulfonamides is 1. The van der Waals surface area contributed by atoms with E-state index in [0.29, 0.717) is 11.4 Å². The molecule has 0 unspecified atom stereocenters. The summed E-state index contributed by atoms with van der Waals surface area (Å²) in [7, 11) is -3.56. The minimum absolute atomic E-state index is 0.00610. The maximum Gasteiger partial charge on any atom is 0.241 e. The number of nitrogens with zero attached hydrogens (tertiary/aromatic N) is 3. The van der Waals surface area contributed by atoms with Crippen molar-refractivity contribution in [2.75, 3.05) is 0 Å². The molecule has 0 spiro atoms. The summed E-state index contributed by atoms with van der Waals surface area (Å²) in [5.41, 5.74) is 1.72. The summed E-state index contributed by atoms with van der Waals surface area (Å²) in [4.78, 5) is 0.261. The van der Waals surface area contributed by atoms with E-state index in [1.165, 1.54) is 0 Å². The van der Waals surface area contributed by atoms with Gasteiger partial charge in [0, 0.05) is 0 Å². The van der Waals surface area contributed by atoms with Crippen LogP contribution >= 0.6 is 0 Å². The van der Waals surface area contributed by atoms with E-state index in [-0.39, 0.29) is 11.4 Å². The summed E-state index contributed by atoms with van der Waals surface area (Å²) in [6.45, 7) is 3.68. The Hall–Kier alpha value is -1.80. The number of hydrogen-bond donors (Lipinski definition) is 2. The van der Waals surface area contributed by atoms with Crippen molar-refractivity contribution >= 4 is 10.0 Å². The van der Waals surface area contributed by atoms with Gasteiger partial charge in [-0.25, -0.2) is 13.1 Å². The predicted molar refractivity (Wildman–Crippen MR) is 64.1 cm³/mol. The molecule has 0 atom stereocenters. The summed E-state index contributed by atoms with van der Waals surface area (Å²) in [5.74, 6) is 0.295. The molecule has 0 fully saturated rings. The lowest BCUT2D eigenvalue weighted by molar-refractivity contribution is 0.578. The van der Waals surface area contributed by atoms with Crippen LogP contribution < -0.4 is 4.72 Å². The van der Waals surface area contributed by atoms with Gasteiger partial charge in [0.2, 0.25) is 10.0 Å². The molecule has 0 amide bonds. The zero-order chi connectivity index (χ0) is 13.2. The van der Waals surface area contributed by atoms with Crippen molar-refractivity contribution in [3.8, 4) is 0 Å². The summed E-state index contributed by atoms with van der Waals surface area (Å²) in [6, 6.07) is 5.17. The predicted octanol–water partition coefficient (Wildman–Crippen LogP) is 0.295. The average molecular weight is 267 g/mol. The molecule has 7 nitrogen and oxygen atoms in total. The van der Waals surface area contributed by atoms with Gasteiger partial charge in [0.05, 0.1) is 11.4 Å². The summed E-state index contributed by atoms with van der Waals surface area (Å²) < 4.78 is 26.5. The molecule has 96 valence electrons. The fourth-order valence-corrected chi connectivity index (χ4v) is 2.80. The van der Waals surface area contributed by atoms with Crippen molar-refractivity contribution in [2.45, 2.75) is 25.3 Å².